The molecule has 5 heteroatoms. The maximum atomic E-state index is 12.4. The molecule has 0 aromatic carbocycles. The van der Waals surface area contributed by atoms with Crippen molar-refractivity contribution in [3.63, 3.8) is 0 Å². The summed E-state index contributed by atoms with van der Waals surface area (Å²) < 4.78 is 2.79. The van der Waals surface area contributed by atoms with Crippen LogP contribution in [0, 0.1) is 5.92 Å². The van der Waals surface area contributed by atoms with Gasteiger partial charge in [0, 0.05) is 29.8 Å². The summed E-state index contributed by atoms with van der Waals surface area (Å²) in [5.41, 5.74) is 0.787. The van der Waals surface area contributed by atoms with E-state index in [0.717, 1.165) is 23.2 Å². The van der Waals surface area contributed by atoms with Gasteiger partial charge in [0.05, 0.1) is 0 Å². The maximum absolute atomic E-state index is 12.4. The highest BCUT2D eigenvalue weighted by Gasteiger charge is 2.37. The van der Waals surface area contributed by atoms with E-state index in [1.165, 1.54) is 12.8 Å². The molecule has 1 saturated carbocycles. The Labute approximate surface area is 136 Å². The van der Waals surface area contributed by atoms with Crippen molar-refractivity contribution >= 4 is 21.8 Å². The summed E-state index contributed by atoms with van der Waals surface area (Å²) in [5.74, 6) is 0.727. The second-order valence-electron chi connectivity index (χ2n) is 6.66. The highest BCUT2D eigenvalue weighted by molar-refractivity contribution is 9.10. The molecule has 2 atom stereocenters. The number of hydrogen-bond acceptors (Lipinski definition) is 2. The van der Waals surface area contributed by atoms with E-state index in [1.807, 2.05) is 23.9 Å². The molecule has 0 radical (unpaired) electrons. The Kier molecular flexibility index (Phi) is 5.15. The molecule has 21 heavy (non-hydrogen) atoms. The number of carbonyl (C=O) groups excluding carboxylic acids is 1. The average Bonchev–Trinajstić information content (AvgIpc) is 2.75. The molecule has 1 fully saturated rings. The zero-order chi connectivity index (χ0) is 15.6. The quantitative estimate of drug-likeness (QED) is 0.901. The molecule has 118 valence electrons. The smallest absolute Gasteiger partial charge is 0.268 e. The van der Waals surface area contributed by atoms with E-state index >= 15 is 0 Å². The predicted octanol–water partition coefficient (Wildman–Crippen LogP) is 3.03. The number of rotatable bonds is 4. The van der Waals surface area contributed by atoms with Crippen LogP contribution in [0.2, 0.25) is 0 Å². The van der Waals surface area contributed by atoms with Crippen LogP contribution in [0.5, 0.6) is 0 Å². The summed E-state index contributed by atoms with van der Waals surface area (Å²) in [5, 5.41) is 3.14. The first-order valence-corrected chi connectivity index (χ1v) is 8.41. The Morgan fingerprint density at radius 2 is 2.29 bits per heavy atom. The molecule has 4 nitrogen and oxygen atoms in total. The molecule has 1 aromatic heterocycles. The predicted molar refractivity (Wildman–Crippen MR) is 89.5 cm³/mol. The third kappa shape index (κ3) is 3.69. The van der Waals surface area contributed by atoms with Crippen molar-refractivity contribution in [1.82, 2.24) is 14.8 Å². The fraction of sp³-hybridized carbons (Fsp3) is 0.688. The number of amides is 1. The number of likely N-dealkylation sites (N-methyl/N-ethyl adjacent to an activating group) is 1. The third-order valence-corrected chi connectivity index (χ3v) is 5.23. The van der Waals surface area contributed by atoms with Gasteiger partial charge >= 0.3 is 0 Å². The van der Waals surface area contributed by atoms with Crippen LogP contribution in [0.4, 0.5) is 0 Å². The average molecular weight is 356 g/mol. The van der Waals surface area contributed by atoms with Gasteiger partial charge in [-0.25, -0.2) is 0 Å². The third-order valence-electron chi connectivity index (χ3n) is 4.80. The number of halogens is 1. The fourth-order valence-electron chi connectivity index (χ4n) is 3.44. The van der Waals surface area contributed by atoms with Gasteiger partial charge in [-0.3, -0.25) is 4.79 Å². The molecular formula is C16H26BrN3O. The fourth-order valence-corrected chi connectivity index (χ4v) is 3.97. The van der Waals surface area contributed by atoms with E-state index in [2.05, 4.69) is 47.2 Å². The number of aryl methyl sites for hydroxylation is 1. The van der Waals surface area contributed by atoms with Crippen molar-refractivity contribution in [2.45, 2.75) is 38.1 Å². The van der Waals surface area contributed by atoms with Crippen LogP contribution < -0.4 is 5.32 Å². The van der Waals surface area contributed by atoms with E-state index in [9.17, 15) is 4.79 Å². The summed E-state index contributed by atoms with van der Waals surface area (Å²) >= 11 is 3.41. The zero-order valence-electron chi connectivity index (χ0n) is 13.4. The van der Waals surface area contributed by atoms with Crippen molar-refractivity contribution in [3.05, 3.63) is 22.4 Å². The molecule has 0 saturated heterocycles. The van der Waals surface area contributed by atoms with Gasteiger partial charge in [0.15, 0.2) is 0 Å². The summed E-state index contributed by atoms with van der Waals surface area (Å²) in [6.07, 6.45) is 6.75. The van der Waals surface area contributed by atoms with E-state index in [4.69, 9.17) is 0 Å². The largest absolute Gasteiger partial charge is 0.349 e. The molecule has 0 bridgehead atoms. The van der Waals surface area contributed by atoms with Crippen LogP contribution in [-0.2, 0) is 7.05 Å². The van der Waals surface area contributed by atoms with Crippen molar-refractivity contribution in [2.75, 3.05) is 20.6 Å². The lowest BCUT2D eigenvalue weighted by molar-refractivity contribution is 0.0671. The summed E-state index contributed by atoms with van der Waals surface area (Å²) in [7, 11) is 6.15. The first-order chi connectivity index (χ1) is 9.84. The Bertz CT molecular complexity index is 512. The van der Waals surface area contributed by atoms with Crippen molar-refractivity contribution in [2.24, 2.45) is 13.0 Å². The minimum Gasteiger partial charge on any atom is -0.349 e. The molecule has 1 N–H and O–H groups in total. The molecule has 0 aliphatic heterocycles. The van der Waals surface area contributed by atoms with Gasteiger partial charge in [0.2, 0.25) is 0 Å². The van der Waals surface area contributed by atoms with Gasteiger partial charge in [-0.2, -0.15) is 0 Å². The van der Waals surface area contributed by atoms with Gasteiger partial charge in [0.25, 0.3) is 5.91 Å². The standard InChI is InChI=1S/C16H26BrN3O/c1-12-6-5-7-16(9-12,19(2)3)11-18-15(21)14-8-13(17)10-20(14)4/h8,10,12H,5-7,9,11H2,1-4H3,(H,18,21). The number of aromatic nitrogens is 1. The van der Waals surface area contributed by atoms with Crippen LogP contribution in [-0.4, -0.2) is 41.6 Å². The lowest BCUT2D eigenvalue weighted by atomic mass is 9.75. The van der Waals surface area contributed by atoms with Crippen LogP contribution in [0.25, 0.3) is 0 Å². The van der Waals surface area contributed by atoms with Crippen LogP contribution >= 0.6 is 15.9 Å². The number of carbonyl (C=O) groups is 1. The minimum absolute atomic E-state index is 0.00246. The van der Waals surface area contributed by atoms with Gasteiger partial charge in [0.1, 0.15) is 5.69 Å². The Morgan fingerprint density at radius 1 is 1.57 bits per heavy atom. The molecule has 2 rings (SSSR count). The molecule has 1 aromatic rings. The first-order valence-electron chi connectivity index (χ1n) is 7.61. The van der Waals surface area contributed by atoms with Gasteiger partial charge < -0.3 is 14.8 Å². The topological polar surface area (TPSA) is 37.3 Å². The first kappa shape index (κ1) is 16.6. The molecule has 1 amide bonds. The lowest BCUT2D eigenvalue weighted by Crippen LogP contribution is -2.55. The molecule has 2 unspecified atom stereocenters. The SMILES string of the molecule is CC1CCCC(CNC(=O)c2cc(Br)cn2C)(N(C)C)C1. The van der Waals surface area contributed by atoms with Crippen molar-refractivity contribution < 1.29 is 4.79 Å². The van der Waals surface area contributed by atoms with Gasteiger partial charge in [-0.05, 0) is 54.9 Å². The van der Waals surface area contributed by atoms with Crippen molar-refractivity contribution in [3.8, 4) is 0 Å². The van der Waals surface area contributed by atoms with Crippen LogP contribution in [0.15, 0.2) is 16.7 Å². The number of hydrogen-bond donors (Lipinski definition) is 1. The highest BCUT2D eigenvalue weighted by Crippen LogP contribution is 2.35. The summed E-state index contributed by atoms with van der Waals surface area (Å²) in [6.45, 7) is 3.03. The van der Waals surface area contributed by atoms with Gasteiger partial charge in [-0.1, -0.05) is 19.8 Å². The Morgan fingerprint density at radius 3 is 2.81 bits per heavy atom. The maximum Gasteiger partial charge on any atom is 0.268 e. The van der Waals surface area contributed by atoms with Crippen LogP contribution in [0.1, 0.15) is 43.1 Å². The summed E-state index contributed by atoms with van der Waals surface area (Å²) in [6, 6.07) is 1.86. The Hall–Kier alpha value is -0.810. The monoisotopic (exact) mass is 355 g/mol. The van der Waals surface area contributed by atoms with E-state index < -0.39 is 0 Å². The second kappa shape index (κ2) is 6.53. The van der Waals surface area contributed by atoms with Gasteiger partial charge in [-0.15, -0.1) is 0 Å². The number of nitrogens with zero attached hydrogens (tertiary/aromatic N) is 2. The molecule has 1 heterocycles. The number of nitrogens with one attached hydrogen (secondary N) is 1. The van der Waals surface area contributed by atoms with Crippen molar-refractivity contribution in [1.29, 1.82) is 0 Å². The van der Waals surface area contributed by atoms with Crippen LogP contribution in [0.3, 0.4) is 0 Å². The molecule has 1 aliphatic rings. The molecular weight excluding hydrogens is 330 g/mol. The normalized spacial score (nSPS) is 26.1. The van der Waals surface area contributed by atoms with E-state index in [1.54, 1.807) is 0 Å². The lowest BCUT2D eigenvalue weighted by Gasteiger charge is -2.45. The highest BCUT2D eigenvalue weighted by atomic mass is 79.9. The second-order valence-corrected chi connectivity index (χ2v) is 7.57. The summed E-state index contributed by atoms with van der Waals surface area (Å²) in [4.78, 5) is 14.7. The minimum atomic E-state index is 0.00246. The zero-order valence-corrected chi connectivity index (χ0v) is 15.0. The molecule has 0 spiro atoms. The molecule has 1 aliphatic carbocycles. The van der Waals surface area contributed by atoms with E-state index in [0.29, 0.717) is 12.2 Å². The Balaban J connectivity index is 2.05. The van der Waals surface area contributed by atoms with E-state index in [-0.39, 0.29) is 11.4 Å².